The van der Waals surface area contributed by atoms with Crippen LogP contribution in [-0.4, -0.2) is 22.6 Å². The average molecular weight is 237 g/mol. The third-order valence-corrected chi connectivity index (χ3v) is 2.09. The fourth-order valence-electron chi connectivity index (χ4n) is 1.31. The molecule has 0 aliphatic carbocycles. The smallest absolute Gasteiger partial charge is 0.218 e. The van der Waals surface area contributed by atoms with Gasteiger partial charge in [0.25, 0.3) is 0 Å². The van der Waals surface area contributed by atoms with Gasteiger partial charge in [-0.1, -0.05) is 20.8 Å². The van der Waals surface area contributed by atoms with E-state index in [2.05, 4.69) is 56.8 Å². The highest BCUT2D eigenvalue weighted by molar-refractivity contribution is 5.41. The summed E-state index contributed by atoms with van der Waals surface area (Å²) in [6.45, 7) is 12.5. The molecule has 17 heavy (non-hydrogen) atoms. The topological polar surface area (TPSA) is 47.0 Å². The van der Waals surface area contributed by atoms with Crippen molar-refractivity contribution in [2.75, 3.05) is 12.4 Å². The van der Waals surface area contributed by atoms with Gasteiger partial charge in [0.1, 0.15) is 11.6 Å². The number of aromatic nitrogens is 2. The predicted molar refractivity (Wildman–Crippen MR) is 70.7 cm³/mol. The Hall–Kier alpha value is -1.32. The second-order valence-corrected chi connectivity index (χ2v) is 6.24. The Morgan fingerprint density at radius 3 is 2.06 bits per heavy atom. The van der Waals surface area contributed by atoms with Crippen LogP contribution in [0.3, 0.4) is 0 Å². The highest BCUT2D eigenvalue weighted by Gasteiger charge is 2.20. The summed E-state index contributed by atoms with van der Waals surface area (Å²) in [7, 11) is 1.62. The van der Waals surface area contributed by atoms with E-state index in [1.54, 1.807) is 7.11 Å². The molecule has 0 aliphatic heterocycles. The Morgan fingerprint density at radius 2 is 1.65 bits per heavy atom. The Bertz CT molecular complexity index is 389. The van der Waals surface area contributed by atoms with Crippen LogP contribution in [0.4, 0.5) is 5.82 Å². The summed E-state index contributed by atoms with van der Waals surface area (Å²) < 4.78 is 5.21. The van der Waals surface area contributed by atoms with Gasteiger partial charge < -0.3 is 10.1 Å². The van der Waals surface area contributed by atoms with E-state index in [-0.39, 0.29) is 11.0 Å². The van der Waals surface area contributed by atoms with E-state index in [4.69, 9.17) is 4.74 Å². The van der Waals surface area contributed by atoms with Crippen molar-refractivity contribution in [3.63, 3.8) is 0 Å². The van der Waals surface area contributed by atoms with Crippen LogP contribution in [-0.2, 0) is 5.41 Å². The molecule has 0 unspecified atom stereocenters. The Labute approximate surface area is 104 Å². The molecule has 0 spiro atoms. The molecule has 0 bridgehead atoms. The number of rotatable bonds is 2. The first-order chi connectivity index (χ1) is 7.62. The van der Waals surface area contributed by atoms with Crippen molar-refractivity contribution in [3.05, 3.63) is 11.9 Å². The molecule has 0 saturated heterocycles. The molecule has 0 amide bonds. The standard InChI is InChI=1S/C13H23N3O/c1-12(2,3)11-14-9(16-13(4,5)6)8-10(15-11)17-7/h8H,1-7H3,(H,14,15,16). The average Bonchev–Trinajstić information content (AvgIpc) is 2.13. The number of hydrogen-bond donors (Lipinski definition) is 1. The zero-order valence-electron chi connectivity index (χ0n) is 11.9. The maximum absolute atomic E-state index is 5.21. The summed E-state index contributed by atoms with van der Waals surface area (Å²) in [4.78, 5) is 8.92. The van der Waals surface area contributed by atoms with E-state index in [9.17, 15) is 0 Å². The van der Waals surface area contributed by atoms with Gasteiger partial charge >= 0.3 is 0 Å². The molecule has 0 radical (unpaired) electrons. The minimum atomic E-state index is -0.0944. The highest BCUT2D eigenvalue weighted by Crippen LogP contribution is 2.24. The first-order valence-corrected chi connectivity index (χ1v) is 5.83. The molecule has 1 rings (SSSR count). The van der Waals surface area contributed by atoms with Crippen LogP contribution in [0.1, 0.15) is 47.4 Å². The van der Waals surface area contributed by atoms with Crippen molar-refractivity contribution >= 4 is 5.82 Å². The van der Waals surface area contributed by atoms with E-state index < -0.39 is 0 Å². The number of methoxy groups -OCH3 is 1. The Kier molecular flexibility index (Phi) is 3.65. The van der Waals surface area contributed by atoms with Crippen LogP contribution in [0.2, 0.25) is 0 Å². The highest BCUT2D eigenvalue weighted by atomic mass is 16.5. The molecule has 1 N–H and O–H groups in total. The predicted octanol–water partition coefficient (Wildman–Crippen LogP) is 2.99. The molecule has 4 heteroatoms. The monoisotopic (exact) mass is 237 g/mol. The molecule has 1 aromatic heterocycles. The maximum Gasteiger partial charge on any atom is 0.218 e. The van der Waals surface area contributed by atoms with E-state index >= 15 is 0 Å². The molecule has 96 valence electrons. The molecular formula is C13H23N3O. The normalized spacial score (nSPS) is 12.4. The first kappa shape index (κ1) is 13.7. The minimum absolute atomic E-state index is 0.0332. The summed E-state index contributed by atoms with van der Waals surface area (Å²) in [5.74, 6) is 2.18. The summed E-state index contributed by atoms with van der Waals surface area (Å²) >= 11 is 0. The van der Waals surface area contributed by atoms with Crippen molar-refractivity contribution in [2.45, 2.75) is 52.5 Å². The molecule has 0 saturated carbocycles. The Balaban J connectivity index is 3.15. The van der Waals surface area contributed by atoms with Crippen LogP contribution in [0.15, 0.2) is 6.07 Å². The third-order valence-electron chi connectivity index (χ3n) is 2.09. The van der Waals surface area contributed by atoms with Crippen molar-refractivity contribution in [2.24, 2.45) is 0 Å². The minimum Gasteiger partial charge on any atom is -0.481 e. The fourth-order valence-corrected chi connectivity index (χ4v) is 1.31. The maximum atomic E-state index is 5.21. The van der Waals surface area contributed by atoms with E-state index in [0.717, 1.165) is 11.6 Å². The Morgan fingerprint density at radius 1 is 1.06 bits per heavy atom. The summed E-state index contributed by atoms with van der Waals surface area (Å²) in [6.07, 6.45) is 0. The van der Waals surface area contributed by atoms with Crippen molar-refractivity contribution in [3.8, 4) is 5.88 Å². The molecule has 0 atom stereocenters. The number of nitrogens with one attached hydrogen (secondary N) is 1. The lowest BCUT2D eigenvalue weighted by Gasteiger charge is -2.24. The summed E-state index contributed by atoms with van der Waals surface area (Å²) in [6, 6.07) is 1.82. The molecule has 0 fully saturated rings. The number of anilines is 1. The molecule has 1 heterocycles. The lowest BCUT2D eigenvalue weighted by molar-refractivity contribution is 0.389. The van der Waals surface area contributed by atoms with Gasteiger partial charge in [0.2, 0.25) is 5.88 Å². The molecule has 1 aromatic rings. The summed E-state index contributed by atoms with van der Waals surface area (Å²) in [5.41, 5.74) is -0.128. The number of hydrogen-bond acceptors (Lipinski definition) is 4. The van der Waals surface area contributed by atoms with Crippen LogP contribution in [0.25, 0.3) is 0 Å². The van der Waals surface area contributed by atoms with Gasteiger partial charge in [0.05, 0.1) is 7.11 Å². The van der Waals surface area contributed by atoms with Crippen molar-refractivity contribution in [1.29, 1.82) is 0 Å². The van der Waals surface area contributed by atoms with Crippen molar-refractivity contribution in [1.82, 2.24) is 9.97 Å². The second-order valence-electron chi connectivity index (χ2n) is 6.24. The van der Waals surface area contributed by atoms with E-state index in [1.165, 1.54) is 0 Å². The van der Waals surface area contributed by atoms with Gasteiger partial charge in [-0.2, -0.15) is 4.98 Å². The summed E-state index contributed by atoms with van der Waals surface area (Å²) in [5, 5.41) is 3.34. The molecular weight excluding hydrogens is 214 g/mol. The lowest BCUT2D eigenvalue weighted by atomic mass is 9.96. The number of nitrogens with zero attached hydrogens (tertiary/aromatic N) is 2. The van der Waals surface area contributed by atoms with Crippen LogP contribution >= 0.6 is 0 Å². The van der Waals surface area contributed by atoms with Crippen LogP contribution < -0.4 is 10.1 Å². The second kappa shape index (κ2) is 4.51. The molecule has 0 aliphatic rings. The van der Waals surface area contributed by atoms with Gasteiger partial charge in [-0.05, 0) is 20.8 Å². The van der Waals surface area contributed by atoms with Crippen molar-refractivity contribution < 1.29 is 4.74 Å². The van der Waals surface area contributed by atoms with E-state index in [1.807, 2.05) is 6.07 Å². The van der Waals surface area contributed by atoms with Crippen LogP contribution in [0, 0.1) is 0 Å². The van der Waals surface area contributed by atoms with E-state index in [0.29, 0.717) is 5.88 Å². The quantitative estimate of drug-likeness (QED) is 0.859. The first-order valence-electron chi connectivity index (χ1n) is 5.83. The largest absolute Gasteiger partial charge is 0.481 e. The van der Waals surface area contributed by atoms with Crippen LogP contribution in [0.5, 0.6) is 5.88 Å². The number of ether oxygens (including phenoxy) is 1. The molecule has 0 aromatic carbocycles. The molecule has 4 nitrogen and oxygen atoms in total. The lowest BCUT2D eigenvalue weighted by Crippen LogP contribution is -2.28. The fraction of sp³-hybridized carbons (Fsp3) is 0.692. The van der Waals surface area contributed by atoms with Gasteiger partial charge in [0.15, 0.2) is 0 Å². The van der Waals surface area contributed by atoms with Gasteiger partial charge in [-0.25, -0.2) is 4.98 Å². The van der Waals surface area contributed by atoms with Gasteiger partial charge in [-0.15, -0.1) is 0 Å². The van der Waals surface area contributed by atoms with Gasteiger partial charge in [0, 0.05) is 17.0 Å². The SMILES string of the molecule is COc1cc(NC(C)(C)C)nc(C(C)(C)C)n1. The zero-order valence-corrected chi connectivity index (χ0v) is 11.9. The van der Waals surface area contributed by atoms with Gasteiger partial charge in [-0.3, -0.25) is 0 Å². The zero-order chi connectivity index (χ0) is 13.3. The third kappa shape index (κ3) is 4.21.